The maximum atomic E-state index is 5.95. The first-order chi connectivity index (χ1) is 8.60. The Kier molecular flexibility index (Phi) is 4.25. The number of fused-ring (bicyclic) bond motifs is 1. The minimum atomic E-state index is 0.503. The molecule has 0 spiro atoms. The number of aromatic nitrogens is 2. The molecule has 0 fully saturated rings. The molecule has 98 valence electrons. The summed E-state index contributed by atoms with van der Waals surface area (Å²) in [6.45, 7) is 7.50. The highest BCUT2D eigenvalue weighted by atomic mass is 35.5. The first-order valence-corrected chi connectivity index (χ1v) is 6.84. The van der Waals surface area contributed by atoms with Gasteiger partial charge in [0.2, 0.25) is 0 Å². The predicted molar refractivity (Wildman–Crippen MR) is 76.0 cm³/mol. The number of rotatable bonds is 5. The lowest BCUT2D eigenvalue weighted by atomic mass is 10.0. The Bertz CT molecular complexity index is 521. The third-order valence-electron chi connectivity index (χ3n) is 3.57. The van der Waals surface area contributed by atoms with Crippen LogP contribution >= 0.6 is 11.6 Å². The molecule has 0 bridgehead atoms. The van der Waals surface area contributed by atoms with E-state index in [0.29, 0.717) is 12.0 Å². The number of nitrogens with zero attached hydrogens (tertiary/aromatic N) is 2. The molecule has 2 unspecified atom stereocenters. The van der Waals surface area contributed by atoms with E-state index in [9.17, 15) is 0 Å². The highest BCUT2D eigenvalue weighted by Gasteiger charge is 2.10. The molecule has 2 atom stereocenters. The minimum Gasteiger partial charge on any atom is -0.308 e. The highest BCUT2D eigenvalue weighted by molar-refractivity contribution is 6.30. The van der Waals surface area contributed by atoms with Crippen LogP contribution < -0.4 is 5.32 Å². The summed E-state index contributed by atoms with van der Waals surface area (Å²) in [5.74, 6) is 0.677. The number of hydrogen-bond acceptors (Lipinski definition) is 2. The van der Waals surface area contributed by atoms with E-state index in [0.717, 1.165) is 22.9 Å². The van der Waals surface area contributed by atoms with Gasteiger partial charge >= 0.3 is 0 Å². The fraction of sp³-hybridized carbons (Fsp3) is 0.500. The van der Waals surface area contributed by atoms with Crippen molar-refractivity contribution in [2.45, 2.75) is 39.8 Å². The summed E-state index contributed by atoms with van der Waals surface area (Å²) >= 11 is 5.95. The zero-order chi connectivity index (χ0) is 13.1. The molecular weight excluding hydrogens is 246 g/mol. The van der Waals surface area contributed by atoms with E-state index < -0.39 is 0 Å². The summed E-state index contributed by atoms with van der Waals surface area (Å²) in [4.78, 5) is 4.55. The van der Waals surface area contributed by atoms with Crippen molar-refractivity contribution in [3.63, 3.8) is 0 Å². The quantitative estimate of drug-likeness (QED) is 0.896. The number of imidazole rings is 1. The van der Waals surface area contributed by atoms with Gasteiger partial charge in [-0.3, -0.25) is 0 Å². The second-order valence-corrected chi connectivity index (χ2v) is 5.34. The molecule has 1 N–H and O–H groups in total. The third kappa shape index (κ3) is 3.03. The van der Waals surface area contributed by atoms with Crippen LogP contribution in [0.2, 0.25) is 5.02 Å². The zero-order valence-electron chi connectivity index (χ0n) is 11.2. The fourth-order valence-corrected chi connectivity index (χ4v) is 2.09. The van der Waals surface area contributed by atoms with Gasteiger partial charge in [-0.15, -0.1) is 0 Å². The third-order valence-corrected chi connectivity index (χ3v) is 3.79. The van der Waals surface area contributed by atoms with Gasteiger partial charge in [0.05, 0.1) is 10.7 Å². The molecule has 2 aromatic rings. The highest BCUT2D eigenvalue weighted by Crippen LogP contribution is 2.12. The molecule has 4 heteroatoms. The van der Waals surface area contributed by atoms with Crippen molar-refractivity contribution in [3.8, 4) is 0 Å². The van der Waals surface area contributed by atoms with Crippen molar-refractivity contribution in [3.05, 3.63) is 35.2 Å². The molecule has 3 nitrogen and oxygen atoms in total. The summed E-state index contributed by atoms with van der Waals surface area (Å²) in [7, 11) is 0. The molecule has 2 heterocycles. The lowest BCUT2D eigenvalue weighted by molar-refractivity contribution is 0.388. The van der Waals surface area contributed by atoms with Gasteiger partial charge in [-0.05, 0) is 25.0 Å². The molecule has 0 radical (unpaired) electrons. The maximum absolute atomic E-state index is 5.95. The molecule has 0 saturated carbocycles. The summed E-state index contributed by atoms with van der Waals surface area (Å²) in [5, 5.41) is 4.25. The summed E-state index contributed by atoms with van der Waals surface area (Å²) in [6.07, 6.45) is 5.10. The molecule has 0 aliphatic heterocycles. The first-order valence-electron chi connectivity index (χ1n) is 6.46. The van der Waals surface area contributed by atoms with Crippen molar-refractivity contribution < 1.29 is 0 Å². The average Bonchev–Trinajstić information content (AvgIpc) is 2.76. The van der Waals surface area contributed by atoms with Crippen LogP contribution in [0.1, 0.15) is 32.9 Å². The van der Waals surface area contributed by atoms with Gasteiger partial charge in [-0.2, -0.15) is 0 Å². The lowest BCUT2D eigenvalue weighted by Gasteiger charge is -2.19. The predicted octanol–water partition coefficient (Wildman–Crippen LogP) is 3.51. The number of halogens is 1. The summed E-state index contributed by atoms with van der Waals surface area (Å²) in [6, 6.07) is 4.30. The largest absolute Gasteiger partial charge is 0.308 e. The van der Waals surface area contributed by atoms with E-state index in [1.165, 1.54) is 6.42 Å². The molecule has 2 aromatic heterocycles. The van der Waals surface area contributed by atoms with E-state index in [-0.39, 0.29) is 0 Å². The van der Waals surface area contributed by atoms with Crippen molar-refractivity contribution in [2.75, 3.05) is 0 Å². The van der Waals surface area contributed by atoms with Crippen LogP contribution in [0.3, 0.4) is 0 Å². The Morgan fingerprint density at radius 1 is 1.33 bits per heavy atom. The molecule has 2 rings (SSSR count). The molecule has 0 aliphatic rings. The second kappa shape index (κ2) is 5.72. The van der Waals surface area contributed by atoms with E-state index in [2.05, 4.69) is 31.1 Å². The second-order valence-electron chi connectivity index (χ2n) is 4.90. The Labute approximate surface area is 113 Å². The van der Waals surface area contributed by atoms with Crippen molar-refractivity contribution in [1.82, 2.24) is 14.7 Å². The average molecular weight is 266 g/mol. The molecule has 0 aromatic carbocycles. The smallest absolute Gasteiger partial charge is 0.137 e. The normalized spacial score (nSPS) is 14.9. The van der Waals surface area contributed by atoms with E-state index in [1.807, 2.05) is 28.9 Å². The van der Waals surface area contributed by atoms with Crippen molar-refractivity contribution >= 4 is 17.2 Å². The minimum absolute atomic E-state index is 0.503. The summed E-state index contributed by atoms with van der Waals surface area (Å²) < 4.78 is 1.97. The molecule has 0 saturated heterocycles. The van der Waals surface area contributed by atoms with E-state index >= 15 is 0 Å². The Morgan fingerprint density at radius 2 is 2.11 bits per heavy atom. The SMILES string of the molecule is CCC(C)C(C)NCc1cn2cc(Cl)ccc2n1. The first kappa shape index (κ1) is 13.4. The van der Waals surface area contributed by atoms with E-state index in [4.69, 9.17) is 11.6 Å². The van der Waals surface area contributed by atoms with Crippen molar-refractivity contribution in [1.29, 1.82) is 0 Å². The van der Waals surface area contributed by atoms with Gasteiger partial charge < -0.3 is 9.72 Å². The Morgan fingerprint density at radius 3 is 2.83 bits per heavy atom. The lowest BCUT2D eigenvalue weighted by Crippen LogP contribution is -2.31. The number of hydrogen-bond donors (Lipinski definition) is 1. The monoisotopic (exact) mass is 265 g/mol. The van der Waals surface area contributed by atoms with Crippen molar-refractivity contribution in [2.24, 2.45) is 5.92 Å². The van der Waals surface area contributed by atoms with Crippen LogP contribution in [-0.4, -0.2) is 15.4 Å². The molecule has 0 aliphatic carbocycles. The van der Waals surface area contributed by atoms with Crippen LogP contribution in [-0.2, 0) is 6.54 Å². The van der Waals surface area contributed by atoms with Gasteiger partial charge in [0, 0.05) is 25.0 Å². The van der Waals surface area contributed by atoms with Crippen LogP contribution in [0.15, 0.2) is 24.5 Å². The topological polar surface area (TPSA) is 29.3 Å². The Balaban J connectivity index is 2.04. The number of pyridine rings is 1. The van der Waals surface area contributed by atoms with Crippen LogP contribution in [0.4, 0.5) is 0 Å². The Hall–Kier alpha value is -1.06. The van der Waals surface area contributed by atoms with Gasteiger partial charge in [-0.25, -0.2) is 4.98 Å². The van der Waals surface area contributed by atoms with Gasteiger partial charge in [-0.1, -0.05) is 31.9 Å². The van der Waals surface area contributed by atoms with Gasteiger partial charge in [0.1, 0.15) is 5.65 Å². The molecule has 18 heavy (non-hydrogen) atoms. The molecular formula is C14H20ClN3. The van der Waals surface area contributed by atoms with Crippen LogP contribution in [0, 0.1) is 5.92 Å². The summed E-state index contributed by atoms with van der Waals surface area (Å²) in [5.41, 5.74) is 1.99. The van der Waals surface area contributed by atoms with Gasteiger partial charge in [0.15, 0.2) is 0 Å². The molecule has 0 amide bonds. The number of nitrogens with one attached hydrogen (secondary N) is 1. The van der Waals surface area contributed by atoms with Gasteiger partial charge in [0.25, 0.3) is 0 Å². The van der Waals surface area contributed by atoms with Crippen LogP contribution in [0.25, 0.3) is 5.65 Å². The maximum Gasteiger partial charge on any atom is 0.137 e. The van der Waals surface area contributed by atoms with E-state index in [1.54, 1.807) is 0 Å². The van der Waals surface area contributed by atoms with Crippen LogP contribution in [0.5, 0.6) is 0 Å². The zero-order valence-corrected chi connectivity index (χ0v) is 11.9. The fourth-order valence-electron chi connectivity index (χ4n) is 1.92. The standard InChI is InChI=1S/C14H20ClN3/c1-4-10(2)11(3)16-7-13-9-18-8-12(15)5-6-14(18)17-13/h5-6,8-11,16H,4,7H2,1-3H3.